The zero-order valence-electron chi connectivity index (χ0n) is 5.80. The van der Waals surface area contributed by atoms with Crippen molar-refractivity contribution in [3.8, 4) is 0 Å². The van der Waals surface area contributed by atoms with Gasteiger partial charge in [0.2, 0.25) is 0 Å². The second-order valence-corrected chi connectivity index (χ2v) is 3.45. The molecule has 2 aliphatic rings. The average Bonchev–Trinajstić information content (AvgIpc) is 2.60. The molecule has 10 heavy (non-hydrogen) atoms. The van der Waals surface area contributed by atoms with Gasteiger partial charge >= 0.3 is 0 Å². The van der Waals surface area contributed by atoms with E-state index in [1.54, 1.807) is 0 Å². The average molecular weight is 134 g/mol. The van der Waals surface area contributed by atoms with Crippen molar-refractivity contribution in [1.82, 2.24) is 10.2 Å². The van der Waals surface area contributed by atoms with Crippen LogP contribution in [0.2, 0.25) is 0 Å². The van der Waals surface area contributed by atoms with Crippen molar-refractivity contribution in [2.45, 2.75) is 25.2 Å². The SMILES string of the molecule is c1n[nH]c2c1CCC1CC21. The summed E-state index contributed by atoms with van der Waals surface area (Å²) in [5.74, 6) is 1.87. The fourth-order valence-electron chi connectivity index (χ4n) is 2.10. The minimum Gasteiger partial charge on any atom is -0.282 e. The van der Waals surface area contributed by atoms with Gasteiger partial charge in [0.1, 0.15) is 0 Å². The van der Waals surface area contributed by atoms with Crippen LogP contribution in [0.5, 0.6) is 0 Å². The van der Waals surface area contributed by atoms with E-state index < -0.39 is 0 Å². The lowest BCUT2D eigenvalue weighted by atomic mass is 9.99. The van der Waals surface area contributed by atoms with Gasteiger partial charge < -0.3 is 0 Å². The van der Waals surface area contributed by atoms with Gasteiger partial charge in [-0.1, -0.05) is 0 Å². The molecule has 0 spiro atoms. The van der Waals surface area contributed by atoms with Gasteiger partial charge in [0.25, 0.3) is 0 Å². The molecular formula is C8H10N2. The number of nitrogens with one attached hydrogen (secondary N) is 1. The molecule has 2 atom stereocenters. The van der Waals surface area contributed by atoms with Crippen LogP contribution in [-0.2, 0) is 6.42 Å². The Morgan fingerprint density at radius 3 is 3.60 bits per heavy atom. The third-order valence-electron chi connectivity index (χ3n) is 2.83. The Bertz CT molecular complexity index is 264. The van der Waals surface area contributed by atoms with E-state index in [1.165, 1.54) is 30.5 Å². The smallest absolute Gasteiger partial charge is 0.0522 e. The standard InChI is InChI=1S/C8H10N2/c1-2-6-4-9-10-8(6)7-3-5(1)7/h4-5,7H,1-3H2,(H,9,10). The number of H-pyrrole nitrogens is 1. The van der Waals surface area contributed by atoms with Crippen molar-refractivity contribution in [3.63, 3.8) is 0 Å². The molecule has 0 saturated heterocycles. The van der Waals surface area contributed by atoms with Gasteiger partial charge in [0, 0.05) is 11.6 Å². The summed E-state index contributed by atoms with van der Waals surface area (Å²) in [5.41, 5.74) is 2.91. The number of aromatic amines is 1. The number of rotatable bonds is 0. The van der Waals surface area contributed by atoms with E-state index in [9.17, 15) is 0 Å². The summed E-state index contributed by atoms with van der Waals surface area (Å²) in [6.07, 6.45) is 6.06. The van der Waals surface area contributed by atoms with E-state index in [4.69, 9.17) is 0 Å². The molecule has 2 nitrogen and oxygen atoms in total. The molecule has 2 aliphatic carbocycles. The second kappa shape index (κ2) is 1.44. The first-order chi connectivity index (χ1) is 4.95. The molecule has 1 fully saturated rings. The summed E-state index contributed by atoms with van der Waals surface area (Å²) in [5, 5.41) is 7.15. The lowest BCUT2D eigenvalue weighted by Gasteiger charge is -2.07. The molecule has 52 valence electrons. The maximum absolute atomic E-state index is 4.06. The molecule has 1 N–H and O–H groups in total. The van der Waals surface area contributed by atoms with Crippen molar-refractivity contribution < 1.29 is 0 Å². The number of aryl methyl sites for hydroxylation is 1. The Morgan fingerprint density at radius 1 is 1.60 bits per heavy atom. The minimum absolute atomic E-state index is 0.867. The summed E-state index contributed by atoms with van der Waals surface area (Å²) >= 11 is 0. The molecule has 2 unspecified atom stereocenters. The molecule has 1 aromatic heterocycles. The summed E-state index contributed by atoms with van der Waals surface area (Å²) in [6.45, 7) is 0. The first kappa shape index (κ1) is 4.94. The number of fused-ring (bicyclic) bond motifs is 3. The Hall–Kier alpha value is -0.790. The summed E-state index contributed by atoms with van der Waals surface area (Å²) in [6, 6.07) is 0. The van der Waals surface area contributed by atoms with Gasteiger partial charge in [-0.05, 0) is 30.7 Å². The van der Waals surface area contributed by atoms with Gasteiger partial charge in [-0.15, -0.1) is 0 Å². The van der Waals surface area contributed by atoms with Crippen LogP contribution in [0.15, 0.2) is 6.20 Å². The third-order valence-corrected chi connectivity index (χ3v) is 2.83. The van der Waals surface area contributed by atoms with Crippen LogP contribution >= 0.6 is 0 Å². The highest BCUT2D eigenvalue weighted by atomic mass is 15.1. The van der Waals surface area contributed by atoms with Crippen molar-refractivity contribution in [2.75, 3.05) is 0 Å². The fraction of sp³-hybridized carbons (Fsp3) is 0.625. The maximum Gasteiger partial charge on any atom is 0.0522 e. The van der Waals surface area contributed by atoms with E-state index in [0.29, 0.717) is 0 Å². The monoisotopic (exact) mass is 134 g/mol. The third kappa shape index (κ3) is 0.474. The van der Waals surface area contributed by atoms with Gasteiger partial charge in [0.15, 0.2) is 0 Å². The largest absolute Gasteiger partial charge is 0.282 e. The molecule has 1 aromatic rings. The van der Waals surface area contributed by atoms with Crippen LogP contribution in [0.3, 0.4) is 0 Å². The van der Waals surface area contributed by atoms with Crippen molar-refractivity contribution in [3.05, 3.63) is 17.5 Å². The van der Waals surface area contributed by atoms with Crippen LogP contribution in [0.4, 0.5) is 0 Å². The van der Waals surface area contributed by atoms with Crippen molar-refractivity contribution in [1.29, 1.82) is 0 Å². The Balaban J connectivity index is 2.15. The number of hydrogen-bond donors (Lipinski definition) is 1. The molecule has 1 saturated carbocycles. The van der Waals surface area contributed by atoms with Crippen molar-refractivity contribution >= 4 is 0 Å². The van der Waals surface area contributed by atoms with E-state index in [-0.39, 0.29) is 0 Å². The van der Waals surface area contributed by atoms with Gasteiger partial charge in [-0.2, -0.15) is 5.10 Å². The summed E-state index contributed by atoms with van der Waals surface area (Å²) in [4.78, 5) is 0. The quantitative estimate of drug-likeness (QED) is 0.571. The molecule has 3 rings (SSSR count). The van der Waals surface area contributed by atoms with E-state index in [2.05, 4.69) is 10.2 Å². The van der Waals surface area contributed by atoms with E-state index in [0.717, 1.165) is 11.8 Å². The lowest BCUT2D eigenvalue weighted by Crippen LogP contribution is -1.98. The highest BCUT2D eigenvalue weighted by Gasteiger charge is 2.43. The highest BCUT2D eigenvalue weighted by Crippen LogP contribution is 2.53. The first-order valence-corrected chi connectivity index (χ1v) is 3.97. The van der Waals surface area contributed by atoms with Crippen molar-refractivity contribution in [2.24, 2.45) is 5.92 Å². The fourth-order valence-corrected chi connectivity index (χ4v) is 2.10. The van der Waals surface area contributed by atoms with Crippen LogP contribution < -0.4 is 0 Å². The lowest BCUT2D eigenvalue weighted by molar-refractivity contribution is 0.661. The first-order valence-electron chi connectivity index (χ1n) is 3.97. The van der Waals surface area contributed by atoms with Gasteiger partial charge in [0.05, 0.1) is 6.20 Å². The number of nitrogens with zero attached hydrogens (tertiary/aromatic N) is 1. The highest BCUT2D eigenvalue weighted by molar-refractivity contribution is 5.29. The molecular weight excluding hydrogens is 124 g/mol. The maximum atomic E-state index is 4.06. The van der Waals surface area contributed by atoms with Gasteiger partial charge in [-0.3, -0.25) is 5.10 Å². The minimum atomic E-state index is 0.867. The molecule has 0 amide bonds. The molecule has 0 aromatic carbocycles. The molecule has 2 heteroatoms. The molecule has 0 radical (unpaired) electrons. The summed E-state index contributed by atoms with van der Waals surface area (Å²) < 4.78 is 0. The zero-order valence-corrected chi connectivity index (χ0v) is 5.80. The topological polar surface area (TPSA) is 28.7 Å². The number of hydrogen-bond acceptors (Lipinski definition) is 1. The summed E-state index contributed by atoms with van der Waals surface area (Å²) in [7, 11) is 0. The van der Waals surface area contributed by atoms with Crippen LogP contribution in [0.1, 0.15) is 30.0 Å². The predicted molar refractivity (Wildman–Crippen MR) is 37.8 cm³/mol. The van der Waals surface area contributed by atoms with Crippen LogP contribution in [-0.4, -0.2) is 10.2 Å². The van der Waals surface area contributed by atoms with Crippen LogP contribution in [0.25, 0.3) is 0 Å². The normalized spacial score (nSPS) is 34.8. The van der Waals surface area contributed by atoms with Crippen LogP contribution in [0, 0.1) is 5.92 Å². The molecule has 0 bridgehead atoms. The Labute approximate surface area is 59.6 Å². The zero-order chi connectivity index (χ0) is 6.55. The Morgan fingerprint density at radius 2 is 2.60 bits per heavy atom. The molecule has 0 aliphatic heterocycles. The predicted octanol–water partition coefficient (Wildman–Crippen LogP) is 1.46. The second-order valence-electron chi connectivity index (χ2n) is 3.45. The Kier molecular flexibility index (Phi) is 0.712. The van der Waals surface area contributed by atoms with E-state index >= 15 is 0 Å². The van der Waals surface area contributed by atoms with Gasteiger partial charge in [-0.25, -0.2) is 0 Å². The number of aromatic nitrogens is 2. The van der Waals surface area contributed by atoms with E-state index in [1.807, 2.05) is 6.20 Å². The molecule has 1 heterocycles.